The number of para-hydroxylation sites is 1. The lowest BCUT2D eigenvalue weighted by Crippen LogP contribution is -2.07. The lowest BCUT2D eigenvalue weighted by Gasteiger charge is -2.05. The van der Waals surface area contributed by atoms with Crippen LogP contribution in [0.2, 0.25) is 0 Å². The molecule has 0 amide bonds. The van der Waals surface area contributed by atoms with Crippen LogP contribution in [0, 0.1) is 10.1 Å². The topological polar surface area (TPSA) is 86.5 Å². The number of Topliss-reactive ketones (excluding diaryl/α,β-unsaturated/α-hetero) is 1. The van der Waals surface area contributed by atoms with E-state index in [9.17, 15) is 19.7 Å². The van der Waals surface area contributed by atoms with Gasteiger partial charge in [0.25, 0.3) is 5.69 Å². The fourth-order valence-corrected chi connectivity index (χ4v) is 1.86. The highest BCUT2D eigenvalue weighted by atomic mass is 16.6. The van der Waals surface area contributed by atoms with E-state index in [1.165, 1.54) is 49.4 Å². The minimum absolute atomic E-state index is 0.0277. The van der Waals surface area contributed by atoms with Crippen molar-refractivity contribution in [3.05, 3.63) is 75.8 Å². The number of carbonyl (C=O) groups is 2. The number of hydrogen-bond donors (Lipinski definition) is 0. The lowest BCUT2D eigenvalue weighted by molar-refractivity contribution is -0.384. The van der Waals surface area contributed by atoms with Crippen LogP contribution in [0.1, 0.15) is 22.8 Å². The second kappa shape index (κ2) is 7.13. The number of nitrogens with zero attached hydrogens (tertiary/aromatic N) is 1. The number of nitro groups is 1. The summed E-state index contributed by atoms with van der Waals surface area (Å²) in [6.45, 7) is 1.39. The van der Waals surface area contributed by atoms with E-state index >= 15 is 0 Å². The van der Waals surface area contributed by atoms with Gasteiger partial charge in [-0.15, -0.1) is 0 Å². The summed E-state index contributed by atoms with van der Waals surface area (Å²) >= 11 is 0. The molecule has 0 unspecified atom stereocenters. The predicted molar refractivity (Wildman–Crippen MR) is 84.2 cm³/mol. The number of carbonyl (C=O) groups excluding carboxylic acids is 2. The number of benzene rings is 2. The van der Waals surface area contributed by atoms with Crippen molar-refractivity contribution in [3.8, 4) is 5.75 Å². The van der Waals surface area contributed by atoms with Gasteiger partial charge in [0.2, 0.25) is 0 Å². The summed E-state index contributed by atoms with van der Waals surface area (Å²) in [6.07, 6.45) is 2.67. The van der Waals surface area contributed by atoms with Gasteiger partial charge in [0, 0.05) is 18.2 Å². The van der Waals surface area contributed by atoms with Crippen molar-refractivity contribution < 1.29 is 19.2 Å². The summed E-state index contributed by atoms with van der Waals surface area (Å²) in [6, 6.07) is 12.2. The Balaban J connectivity index is 2.07. The van der Waals surface area contributed by atoms with E-state index in [-0.39, 0.29) is 17.2 Å². The molecule has 2 rings (SSSR count). The summed E-state index contributed by atoms with van der Waals surface area (Å²) < 4.78 is 5.14. The number of nitro benzene ring substituents is 1. The second-order valence-electron chi connectivity index (χ2n) is 4.66. The number of hydrogen-bond acceptors (Lipinski definition) is 5. The SMILES string of the molecule is CC(=O)c1ccccc1OC(=O)/C=C/c1ccc([N+](=O)[O-])cc1. The van der Waals surface area contributed by atoms with Crippen molar-refractivity contribution in [2.75, 3.05) is 0 Å². The third-order valence-electron chi connectivity index (χ3n) is 2.99. The Morgan fingerprint density at radius 3 is 2.35 bits per heavy atom. The Morgan fingerprint density at radius 1 is 1.09 bits per heavy atom. The van der Waals surface area contributed by atoms with Crippen LogP contribution >= 0.6 is 0 Å². The van der Waals surface area contributed by atoms with Crippen LogP contribution in [0.4, 0.5) is 5.69 Å². The van der Waals surface area contributed by atoms with E-state index in [1.54, 1.807) is 18.2 Å². The maximum atomic E-state index is 11.8. The highest BCUT2D eigenvalue weighted by Crippen LogP contribution is 2.19. The number of rotatable bonds is 5. The molecule has 0 aliphatic heterocycles. The molecule has 0 bridgehead atoms. The molecule has 0 heterocycles. The molecule has 116 valence electrons. The first-order chi connectivity index (χ1) is 11.0. The standard InChI is InChI=1S/C17H13NO5/c1-12(19)15-4-2-3-5-16(15)23-17(20)11-8-13-6-9-14(10-7-13)18(21)22/h2-11H,1H3/b11-8+. The largest absolute Gasteiger partial charge is 0.423 e. The van der Waals surface area contributed by atoms with Crippen molar-refractivity contribution in [3.63, 3.8) is 0 Å². The maximum absolute atomic E-state index is 11.8. The fraction of sp³-hybridized carbons (Fsp3) is 0.0588. The fourth-order valence-electron chi connectivity index (χ4n) is 1.86. The Morgan fingerprint density at radius 2 is 1.74 bits per heavy atom. The first-order valence-corrected chi connectivity index (χ1v) is 6.71. The van der Waals surface area contributed by atoms with Crippen LogP contribution in [0.25, 0.3) is 6.08 Å². The molecular formula is C17H13NO5. The average molecular weight is 311 g/mol. The monoisotopic (exact) mass is 311 g/mol. The van der Waals surface area contributed by atoms with Crippen molar-refractivity contribution in [1.29, 1.82) is 0 Å². The van der Waals surface area contributed by atoms with Gasteiger partial charge in [-0.3, -0.25) is 14.9 Å². The van der Waals surface area contributed by atoms with Crippen LogP contribution in [-0.2, 0) is 4.79 Å². The van der Waals surface area contributed by atoms with Gasteiger partial charge < -0.3 is 4.74 Å². The van der Waals surface area contributed by atoms with E-state index < -0.39 is 10.9 Å². The normalized spacial score (nSPS) is 10.5. The molecule has 23 heavy (non-hydrogen) atoms. The minimum Gasteiger partial charge on any atom is -0.423 e. The van der Waals surface area contributed by atoms with E-state index in [1.807, 2.05) is 0 Å². The summed E-state index contributed by atoms with van der Waals surface area (Å²) in [5, 5.41) is 10.6. The molecule has 0 N–H and O–H groups in total. The van der Waals surface area contributed by atoms with Gasteiger partial charge in [-0.2, -0.15) is 0 Å². The van der Waals surface area contributed by atoms with Gasteiger partial charge in [-0.05, 0) is 42.8 Å². The number of non-ortho nitro benzene ring substituents is 1. The van der Waals surface area contributed by atoms with Gasteiger partial charge in [0.05, 0.1) is 10.5 Å². The minimum atomic E-state index is -0.642. The van der Waals surface area contributed by atoms with Gasteiger partial charge in [-0.25, -0.2) is 4.79 Å². The highest BCUT2D eigenvalue weighted by molar-refractivity contribution is 5.98. The van der Waals surface area contributed by atoms with Crippen molar-refractivity contribution >= 4 is 23.5 Å². The molecule has 0 spiro atoms. The van der Waals surface area contributed by atoms with Crippen molar-refractivity contribution in [1.82, 2.24) is 0 Å². The zero-order chi connectivity index (χ0) is 16.8. The van der Waals surface area contributed by atoms with Crippen molar-refractivity contribution in [2.45, 2.75) is 6.92 Å². The first-order valence-electron chi connectivity index (χ1n) is 6.71. The molecule has 6 nitrogen and oxygen atoms in total. The van der Waals surface area contributed by atoms with E-state index in [2.05, 4.69) is 0 Å². The molecule has 0 atom stereocenters. The van der Waals surface area contributed by atoms with E-state index in [0.717, 1.165) is 0 Å². The van der Waals surface area contributed by atoms with E-state index in [0.29, 0.717) is 11.1 Å². The summed E-state index contributed by atoms with van der Waals surface area (Å²) in [7, 11) is 0. The van der Waals surface area contributed by atoms with Gasteiger partial charge in [-0.1, -0.05) is 12.1 Å². The molecule has 2 aromatic carbocycles. The molecule has 0 aliphatic rings. The molecule has 0 saturated heterocycles. The highest BCUT2D eigenvalue weighted by Gasteiger charge is 2.10. The second-order valence-corrected chi connectivity index (χ2v) is 4.66. The first kappa shape index (κ1) is 16.1. The van der Waals surface area contributed by atoms with Crippen LogP contribution in [0.3, 0.4) is 0 Å². The third kappa shape index (κ3) is 4.34. The van der Waals surface area contributed by atoms with Crippen LogP contribution < -0.4 is 4.74 Å². The lowest BCUT2D eigenvalue weighted by atomic mass is 10.1. The van der Waals surface area contributed by atoms with Gasteiger partial charge >= 0.3 is 5.97 Å². The Bertz CT molecular complexity index is 778. The Labute approximate surface area is 132 Å². The molecular weight excluding hydrogens is 298 g/mol. The molecule has 0 radical (unpaired) electrons. The Kier molecular flexibility index (Phi) is 4.99. The smallest absolute Gasteiger partial charge is 0.336 e. The molecule has 0 saturated carbocycles. The number of ketones is 1. The summed E-state index contributed by atoms with van der Waals surface area (Å²) in [5.74, 6) is -0.650. The van der Waals surface area contributed by atoms with Crippen molar-refractivity contribution in [2.24, 2.45) is 0 Å². The number of esters is 1. The molecule has 0 fully saturated rings. The van der Waals surface area contributed by atoms with Crippen LogP contribution in [-0.4, -0.2) is 16.7 Å². The molecule has 6 heteroatoms. The van der Waals surface area contributed by atoms with Crippen LogP contribution in [0.15, 0.2) is 54.6 Å². The predicted octanol–water partition coefficient (Wildman–Crippen LogP) is 3.42. The summed E-state index contributed by atoms with van der Waals surface area (Å²) in [5.41, 5.74) is 0.914. The maximum Gasteiger partial charge on any atom is 0.336 e. The van der Waals surface area contributed by atoms with Gasteiger partial charge in [0.1, 0.15) is 5.75 Å². The summed E-state index contributed by atoms with van der Waals surface area (Å²) in [4.78, 5) is 33.3. The zero-order valence-electron chi connectivity index (χ0n) is 12.3. The average Bonchev–Trinajstić information content (AvgIpc) is 2.53. The molecule has 2 aromatic rings. The molecule has 0 aliphatic carbocycles. The van der Waals surface area contributed by atoms with E-state index in [4.69, 9.17) is 4.74 Å². The van der Waals surface area contributed by atoms with Crippen LogP contribution in [0.5, 0.6) is 5.75 Å². The third-order valence-corrected chi connectivity index (χ3v) is 2.99. The number of ether oxygens (including phenoxy) is 1. The zero-order valence-corrected chi connectivity index (χ0v) is 12.3. The Hall–Kier alpha value is -3.28. The van der Waals surface area contributed by atoms with Gasteiger partial charge in [0.15, 0.2) is 5.78 Å². The quantitative estimate of drug-likeness (QED) is 0.211. The molecule has 0 aromatic heterocycles.